The summed E-state index contributed by atoms with van der Waals surface area (Å²) in [5, 5.41) is 8.89. The van der Waals surface area contributed by atoms with E-state index in [1.165, 1.54) is 0 Å². The molecule has 1 saturated heterocycles. The predicted molar refractivity (Wildman–Crippen MR) is 66.2 cm³/mol. The molecule has 0 aromatic carbocycles. The number of hydrogen-bond acceptors (Lipinski definition) is 4. The largest absolute Gasteiger partial charge is 0.481 e. The van der Waals surface area contributed by atoms with Crippen molar-refractivity contribution in [3.8, 4) is 0 Å². The molecule has 0 bridgehead atoms. The van der Waals surface area contributed by atoms with Gasteiger partial charge in [0.05, 0.1) is 23.3 Å². The fraction of sp³-hybridized carbons (Fsp3) is 0.833. The summed E-state index contributed by atoms with van der Waals surface area (Å²) in [5.74, 6) is -1.88. The molecule has 2 saturated carbocycles. The van der Waals surface area contributed by atoms with Crippen molar-refractivity contribution < 1.29 is 23.1 Å². The molecule has 3 atom stereocenters. The monoisotopic (exact) mass is 287 g/mol. The zero-order valence-corrected chi connectivity index (χ0v) is 11.3. The SMILES string of the molecule is O=C(O)C1CC1C(=O)N(C1CC1)C1CCS(=O)(=O)C1. The third kappa shape index (κ3) is 2.48. The predicted octanol–water partition coefficient (Wildman–Crippen LogP) is -0.115. The van der Waals surface area contributed by atoms with Crippen molar-refractivity contribution in [1.29, 1.82) is 0 Å². The summed E-state index contributed by atoms with van der Waals surface area (Å²) < 4.78 is 23.1. The molecule has 1 N–H and O–H groups in total. The molecule has 0 spiro atoms. The lowest BCUT2D eigenvalue weighted by Crippen LogP contribution is -2.44. The number of carboxylic acids is 1. The van der Waals surface area contributed by atoms with Crippen LogP contribution in [0.4, 0.5) is 0 Å². The lowest BCUT2D eigenvalue weighted by atomic mass is 10.1. The Morgan fingerprint density at radius 3 is 2.16 bits per heavy atom. The minimum atomic E-state index is -3.03. The van der Waals surface area contributed by atoms with Crippen LogP contribution in [0.15, 0.2) is 0 Å². The van der Waals surface area contributed by atoms with E-state index in [0.29, 0.717) is 12.8 Å². The third-order valence-corrected chi connectivity index (χ3v) is 5.97. The number of carboxylic acid groups (broad SMARTS) is 1. The van der Waals surface area contributed by atoms with Crippen LogP contribution in [0.5, 0.6) is 0 Å². The maximum atomic E-state index is 12.4. The van der Waals surface area contributed by atoms with E-state index in [2.05, 4.69) is 0 Å². The molecule has 1 amide bonds. The molecule has 0 aromatic rings. The molecule has 1 heterocycles. The van der Waals surface area contributed by atoms with Crippen LogP contribution in [0.25, 0.3) is 0 Å². The zero-order valence-electron chi connectivity index (χ0n) is 10.5. The smallest absolute Gasteiger partial charge is 0.307 e. The Morgan fingerprint density at radius 1 is 1.05 bits per heavy atom. The zero-order chi connectivity index (χ0) is 13.8. The van der Waals surface area contributed by atoms with E-state index >= 15 is 0 Å². The van der Waals surface area contributed by atoms with Crippen molar-refractivity contribution in [2.75, 3.05) is 11.5 Å². The molecule has 19 heavy (non-hydrogen) atoms. The van der Waals surface area contributed by atoms with E-state index in [4.69, 9.17) is 5.11 Å². The van der Waals surface area contributed by atoms with E-state index in [0.717, 1.165) is 12.8 Å². The van der Waals surface area contributed by atoms with E-state index in [9.17, 15) is 18.0 Å². The Bertz CT molecular complexity index is 524. The highest BCUT2D eigenvalue weighted by Gasteiger charge is 2.53. The highest BCUT2D eigenvalue weighted by atomic mass is 32.2. The average Bonchev–Trinajstić information content (AvgIpc) is 3.19. The number of nitrogens with zero attached hydrogens (tertiary/aromatic N) is 1. The number of aliphatic carboxylic acids is 1. The molecule has 3 aliphatic rings. The molecule has 2 aliphatic carbocycles. The molecule has 106 valence electrons. The summed E-state index contributed by atoms with van der Waals surface area (Å²) in [6, 6.07) is -0.0964. The van der Waals surface area contributed by atoms with Crippen LogP contribution >= 0.6 is 0 Å². The molecule has 0 radical (unpaired) electrons. The number of hydrogen-bond donors (Lipinski definition) is 1. The van der Waals surface area contributed by atoms with E-state index in [1.54, 1.807) is 4.90 Å². The highest BCUT2D eigenvalue weighted by molar-refractivity contribution is 7.91. The van der Waals surface area contributed by atoms with E-state index in [-0.39, 0.29) is 29.5 Å². The molecular formula is C12H17NO5S. The van der Waals surface area contributed by atoms with Crippen LogP contribution in [-0.4, -0.2) is 53.9 Å². The first-order valence-corrected chi connectivity index (χ1v) is 8.46. The second kappa shape index (κ2) is 4.19. The summed E-state index contributed by atoms with van der Waals surface area (Å²) in [5.41, 5.74) is 0. The molecule has 0 aromatic heterocycles. The van der Waals surface area contributed by atoms with Gasteiger partial charge in [-0.1, -0.05) is 0 Å². The number of rotatable bonds is 4. The molecule has 3 rings (SSSR count). The first-order valence-electron chi connectivity index (χ1n) is 6.64. The normalized spacial score (nSPS) is 35.9. The van der Waals surface area contributed by atoms with Crippen molar-refractivity contribution in [1.82, 2.24) is 4.90 Å². The van der Waals surface area contributed by atoms with E-state index in [1.807, 2.05) is 0 Å². The third-order valence-electron chi connectivity index (χ3n) is 4.22. The first-order chi connectivity index (χ1) is 8.89. The molecular weight excluding hydrogens is 270 g/mol. The van der Waals surface area contributed by atoms with Gasteiger partial charge in [-0.05, 0) is 25.7 Å². The Morgan fingerprint density at radius 2 is 1.74 bits per heavy atom. The lowest BCUT2D eigenvalue weighted by molar-refractivity contribution is -0.142. The summed E-state index contributed by atoms with van der Waals surface area (Å²) in [6.45, 7) is 0. The van der Waals surface area contributed by atoms with Crippen LogP contribution in [0.3, 0.4) is 0 Å². The van der Waals surface area contributed by atoms with Gasteiger partial charge in [-0.2, -0.15) is 0 Å². The number of carbonyl (C=O) groups is 2. The molecule has 7 heteroatoms. The van der Waals surface area contributed by atoms with Crippen LogP contribution in [-0.2, 0) is 19.4 Å². The van der Waals surface area contributed by atoms with Gasteiger partial charge < -0.3 is 10.0 Å². The minimum absolute atomic E-state index is 0.0414. The quantitative estimate of drug-likeness (QED) is 0.778. The fourth-order valence-electron chi connectivity index (χ4n) is 2.94. The molecule has 6 nitrogen and oxygen atoms in total. The second-order valence-electron chi connectivity index (χ2n) is 5.82. The van der Waals surface area contributed by atoms with Gasteiger partial charge in [-0.25, -0.2) is 8.42 Å². The summed E-state index contributed by atoms with van der Waals surface area (Å²) in [6.07, 6.45) is 2.71. The summed E-state index contributed by atoms with van der Waals surface area (Å²) in [7, 11) is -3.03. The summed E-state index contributed by atoms with van der Waals surface area (Å²) in [4.78, 5) is 24.9. The van der Waals surface area contributed by atoms with Crippen LogP contribution in [0.2, 0.25) is 0 Å². The second-order valence-corrected chi connectivity index (χ2v) is 8.05. The Balaban J connectivity index is 1.72. The highest BCUT2D eigenvalue weighted by Crippen LogP contribution is 2.43. The minimum Gasteiger partial charge on any atom is -0.481 e. The van der Waals surface area contributed by atoms with Crippen LogP contribution < -0.4 is 0 Å². The Hall–Kier alpha value is -1.11. The fourth-order valence-corrected chi connectivity index (χ4v) is 4.65. The van der Waals surface area contributed by atoms with Crippen LogP contribution in [0.1, 0.15) is 25.7 Å². The van der Waals surface area contributed by atoms with Crippen molar-refractivity contribution in [3.05, 3.63) is 0 Å². The topological polar surface area (TPSA) is 91.8 Å². The number of carbonyl (C=O) groups excluding carboxylic acids is 1. The Kier molecular flexibility index (Phi) is 2.85. The average molecular weight is 287 g/mol. The van der Waals surface area contributed by atoms with Crippen molar-refractivity contribution in [2.24, 2.45) is 11.8 Å². The summed E-state index contributed by atoms with van der Waals surface area (Å²) >= 11 is 0. The number of amides is 1. The van der Waals surface area contributed by atoms with Gasteiger partial charge in [-0.3, -0.25) is 9.59 Å². The molecule has 3 unspecified atom stereocenters. The first kappa shape index (κ1) is 12.9. The van der Waals surface area contributed by atoms with Gasteiger partial charge in [0.25, 0.3) is 0 Å². The van der Waals surface area contributed by atoms with Gasteiger partial charge in [0, 0.05) is 12.1 Å². The maximum absolute atomic E-state index is 12.4. The van der Waals surface area contributed by atoms with Crippen LogP contribution in [0, 0.1) is 11.8 Å². The molecule has 3 fully saturated rings. The van der Waals surface area contributed by atoms with Crippen molar-refractivity contribution in [2.45, 2.75) is 37.8 Å². The van der Waals surface area contributed by atoms with Crippen molar-refractivity contribution in [3.63, 3.8) is 0 Å². The maximum Gasteiger partial charge on any atom is 0.307 e. The van der Waals surface area contributed by atoms with E-state index < -0.39 is 27.6 Å². The Labute approximate surface area is 111 Å². The lowest BCUT2D eigenvalue weighted by Gasteiger charge is -2.28. The molecule has 1 aliphatic heterocycles. The number of sulfone groups is 1. The van der Waals surface area contributed by atoms with Gasteiger partial charge in [-0.15, -0.1) is 0 Å². The van der Waals surface area contributed by atoms with Gasteiger partial charge in [0.1, 0.15) is 0 Å². The van der Waals surface area contributed by atoms with Gasteiger partial charge in [0.2, 0.25) is 5.91 Å². The van der Waals surface area contributed by atoms with Crippen molar-refractivity contribution >= 4 is 21.7 Å². The van der Waals surface area contributed by atoms with Gasteiger partial charge in [0.15, 0.2) is 9.84 Å². The van der Waals surface area contributed by atoms with Gasteiger partial charge >= 0.3 is 5.97 Å². The standard InChI is InChI=1S/C12H17NO5S/c14-11(9-5-10(9)12(15)16)13(7-1-2-7)8-3-4-19(17,18)6-8/h7-10H,1-6H2,(H,15,16).